The van der Waals surface area contributed by atoms with Gasteiger partial charge in [-0.2, -0.15) is 0 Å². The smallest absolute Gasteiger partial charge is 0.0445 e. The summed E-state index contributed by atoms with van der Waals surface area (Å²) in [5.41, 5.74) is 3.01. The van der Waals surface area contributed by atoms with Crippen LogP contribution in [0.15, 0.2) is 24.3 Å². The van der Waals surface area contributed by atoms with Gasteiger partial charge in [-0.3, -0.25) is 0 Å². The Morgan fingerprint density at radius 1 is 1.18 bits per heavy atom. The van der Waals surface area contributed by atoms with Gasteiger partial charge in [-0.25, -0.2) is 0 Å². The molecule has 0 aromatic heterocycles. The summed E-state index contributed by atoms with van der Waals surface area (Å²) in [7, 11) is 0. The van der Waals surface area contributed by atoms with Crippen molar-refractivity contribution in [1.29, 1.82) is 0 Å². The van der Waals surface area contributed by atoms with Crippen molar-refractivity contribution in [2.45, 2.75) is 44.2 Å². The average Bonchev–Trinajstić information content (AvgIpc) is 3.09. The Balaban J connectivity index is 1.60. The maximum atomic E-state index is 9.12. The van der Waals surface area contributed by atoms with Crippen LogP contribution in [0.1, 0.15) is 30.4 Å². The van der Waals surface area contributed by atoms with Crippen molar-refractivity contribution < 1.29 is 5.11 Å². The molecule has 2 nitrogen and oxygen atoms in total. The van der Waals surface area contributed by atoms with Gasteiger partial charge in [0, 0.05) is 18.7 Å². The topological polar surface area (TPSA) is 32.3 Å². The highest BCUT2D eigenvalue weighted by molar-refractivity contribution is 5.33. The van der Waals surface area contributed by atoms with E-state index in [1.165, 1.54) is 24.0 Å². The van der Waals surface area contributed by atoms with Crippen LogP contribution in [0.4, 0.5) is 0 Å². The van der Waals surface area contributed by atoms with Crippen LogP contribution in [-0.2, 0) is 12.8 Å². The van der Waals surface area contributed by atoms with E-state index in [0.717, 1.165) is 25.2 Å². The monoisotopic (exact) mass is 231 g/mol. The number of hydrogen-bond donors (Lipinski definition) is 2. The second kappa shape index (κ2) is 4.79. The number of fused-ring (bicyclic) bond motifs is 1. The first-order valence-electron chi connectivity index (χ1n) is 6.80. The summed E-state index contributed by atoms with van der Waals surface area (Å²) in [4.78, 5) is 0. The maximum absolute atomic E-state index is 9.12. The molecule has 2 heteroatoms. The highest BCUT2D eigenvalue weighted by Gasteiger charge is 2.33. The Morgan fingerprint density at radius 2 is 1.82 bits per heavy atom. The zero-order valence-corrected chi connectivity index (χ0v) is 10.2. The van der Waals surface area contributed by atoms with Crippen LogP contribution in [0.25, 0.3) is 0 Å². The molecule has 1 atom stereocenters. The van der Waals surface area contributed by atoms with E-state index in [9.17, 15) is 0 Å². The molecule has 1 aromatic carbocycles. The van der Waals surface area contributed by atoms with Crippen molar-refractivity contribution in [3.05, 3.63) is 35.4 Å². The standard InChI is InChI=1S/C15H21NO/c17-8-7-15(11-5-6-11)16-14-9-12-3-1-2-4-13(12)10-14/h1-4,11,14-17H,5-10H2. The van der Waals surface area contributed by atoms with Gasteiger partial charge in [-0.1, -0.05) is 24.3 Å². The number of rotatable bonds is 5. The molecule has 0 aliphatic heterocycles. The van der Waals surface area contributed by atoms with Gasteiger partial charge >= 0.3 is 0 Å². The second-order valence-corrected chi connectivity index (χ2v) is 5.50. The van der Waals surface area contributed by atoms with E-state index in [-0.39, 0.29) is 0 Å². The van der Waals surface area contributed by atoms with Gasteiger partial charge in [-0.15, -0.1) is 0 Å². The second-order valence-electron chi connectivity index (χ2n) is 5.50. The van der Waals surface area contributed by atoms with E-state index in [2.05, 4.69) is 29.6 Å². The third kappa shape index (κ3) is 2.53. The fraction of sp³-hybridized carbons (Fsp3) is 0.600. The molecule has 0 heterocycles. The third-order valence-corrected chi connectivity index (χ3v) is 4.13. The summed E-state index contributed by atoms with van der Waals surface area (Å²) >= 11 is 0. The first-order valence-corrected chi connectivity index (χ1v) is 6.80. The molecule has 1 aromatic rings. The summed E-state index contributed by atoms with van der Waals surface area (Å²) < 4.78 is 0. The Morgan fingerprint density at radius 3 is 2.35 bits per heavy atom. The highest BCUT2D eigenvalue weighted by Crippen LogP contribution is 2.35. The number of hydrogen-bond acceptors (Lipinski definition) is 2. The predicted molar refractivity (Wildman–Crippen MR) is 69.0 cm³/mol. The van der Waals surface area contributed by atoms with E-state index in [1.807, 2.05) is 0 Å². The summed E-state index contributed by atoms with van der Waals surface area (Å²) in [6.45, 7) is 0.313. The van der Waals surface area contributed by atoms with Crippen molar-refractivity contribution in [2.24, 2.45) is 5.92 Å². The molecule has 0 radical (unpaired) electrons. The third-order valence-electron chi connectivity index (χ3n) is 4.13. The lowest BCUT2D eigenvalue weighted by Crippen LogP contribution is -2.40. The molecular formula is C15H21NO. The highest BCUT2D eigenvalue weighted by atomic mass is 16.3. The van der Waals surface area contributed by atoms with Crippen LogP contribution in [0, 0.1) is 5.92 Å². The van der Waals surface area contributed by atoms with Gasteiger partial charge in [-0.05, 0) is 49.1 Å². The van der Waals surface area contributed by atoms with Crippen LogP contribution in [-0.4, -0.2) is 23.8 Å². The number of aliphatic hydroxyl groups excluding tert-OH is 1. The number of nitrogens with one attached hydrogen (secondary N) is 1. The van der Waals surface area contributed by atoms with Gasteiger partial charge < -0.3 is 10.4 Å². The van der Waals surface area contributed by atoms with Gasteiger partial charge in [0.2, 0.25) is 0 Å². The first kappa shape index (κ1) is 11.2. The van der Waals surface area contributed by atoms with E-state index < -0.39 is 0 Å². The molecule has 2 aliphatic rings. The molecule has 0 bridgehead atoms. The molecule has 92 valence electrons. The Hall–Kier alpha value is -0.860. The maximum Gasteiger partial charge on any atom is 0.0445 e. The minimum Gasteiger partial charge on any atom is -0.396 e. The van der Waals surface area contributed by atoms with Crippen molar-refractivity contribution in [3.8, 4) is 0 Å². The zero-order chi connectivity index (χ0) is 11.7. The van der Waals surface area contributed by atoms with Crippen LogP contribution in [0.2, 0.25) is 0 Å². The Labute approximate surface area is 103 Å². The normalized spacial score (nSPS) is 21.5. The van der Waals surface area contributed by atoms with E-state index >= 15 is 0 Å². The van der Waals surface area contributed by atoms with Gasteiger partial charge in [0.25, 0.3) is 0 Å². The van der Waals surface area contributed by atoms with E-state index in [1.54, 1.807) is 0 Å². The SMILES string of the molecule is OCCC(NC1Cc2ccccc2C1)C1CC1. The van der Waals surface area contributed by atoms with Crippen molar-refractivity contribution >= 4 is 0 Å². The Bertz CT molecular complexity index is 361. The molecular weight excluding hydrogens is 210 g/mol. The lowest BCUT2D eigenvalue weighted by molar-refractivity contribution is 0.248. The molecule has 0 saturated heterocycles. The van der Waals surface area contributed by atoms with Crippen molar-refractivity contribution in [1.82, 2.24) is 5.32 Å². The molecule has 1 fully saturated rings. The molecule has 2 N–H and O–H groups in total. The van der Waals surface area contributed by atoms with E-state index in [0.29, 0.717) is 18.7 Å². The summed E-state index contributed by atoms with van der Waals surface area (Å²) in [5.74, 6) is 0.825. The molecule has 1 saturated carbocycles. The fourth-order valence-electron chi connectivity index (χ4n) is 3.07. The molecule has 3 rings (SSSR count). The lowest BCUT2D eigenvalue weighted by atomic mass is 10.1. The fourth-order valence-corrected chi connectivity index (χ4v) is 3.07. The minimum absolute atomic E-state index is 0.313. The van der Waals surface area contributed by atoms with E-state index in [4.69, 9.17) is 5.11 Å². The predicted octanol–water partition coefficient (Wildman–Crippen LogP) is 1.90. The summed E-state index contributed by atoms with van der Waals surface area (Å²) in [5, 5.41) is 12.9. The number of aliphatic hydroxyl groups is 1. The van der Waals surface area contributed by atoms with Gasteiger partial charge in [0.1, 0.15) is 0 Å². The minimum atomic E-state index is 0.313. The molecule has 2 aliphatic carbocycles. The zero-order valence-electron chi connectivity index (χ0n) is 10.2. The van der Waals surface area contributed by atoms with Crippen LogP contribution in [0.3, 0.4) is 0 Å². The largest absolute Gasteiger partial charge is 0.396 e. The van der Waals surface area contributed by atoms with Gasteiger partial charge in [0.15, 0.2) is 0 Å². The van der Waals surface area contributed by atoms with Crippen molar-refractivity contribution in [3.63, 3.8) is 0 Å². The molecule has 1 unspecified atom stereocenters. The number of benzene rings is 1. The van der Waals surface area contributed by atoms with Crippen molar-refractivity contribution in [2.75, 3.05) is 6.61 Å². The van der Waals surface area contributed by atoms with Crippen LogP contribution in [0.5, 0.6) is 0 Å². The molecule has 0 spiro atoms. The first-order chi connectivity index (χ1) is 8.36. The molecule has 0 amide bonds. The Kier molecular flexibility index (Phi) is 3.17. The quantitative estimate of drug-likeness (QED) is 0.811. The molecule has 17 heavy (non-hydrogen) atoms. The summed E-state index contributed by atoms with van der Waals surface area (Å²) in [6.07, 6.45) is 5.92. The van der Waals surface area contributed by atoms with Crippen LogP contribution >= 0.6 is 0 Å². The van der Waals surface area contributed by atoms with Crippen LogP contribution < -0.4 is 5.32 Å². The average molecular weight is 231 g/mol. The van der Waals surface area contributed by atoms with Gasteiger partial charge in [0.05, 0.1) is 0 Å². The lowest BCUT2D eigenvalue weighted by Gasteiger charge is -2.22. The summed E-state index contributed by atoms with van der Waals surface area (Å²) in [6, 6.07) is 9.88.